The first-order valence-corrected chi connectivity index (χ1v) is 6.77. The first-order chi connectivity index (χ1) is 9.01. The van der Waals surface area contributed by atoms with Crippen molar-refractivity contribution >= 4 is 13.1 Å². The van der Waals surface area contributed by atoms with Gasteiger partial charge in [-0.05, 0) is 12.7 Å². The third kappa shape index (κ3) is 9.86. The van der Waals surface area contributed by atoms with Crippen molar-refractivity contribution in [1.82, 2.24) is 10.6 Å². The van der Waals surface area contributed by atoms with Crippen molar-refractivity contribution < 1.29 is 19.9 Å². The summed E-state index contributed by atoms with van der Waals surface area (Å²) in [6, 6.07) is -0.130. The van der Waals surface area contributed by atoms with Crippen LogP contribution in [0.3, 0.4) is 0 Å². The van der Waals surface area contributed by atoms with Crippen molar-refractivity contribution in [1.29, 1.82) is 0 Å². The molecule has 1 fully saturated rings. The van der Waals surface area contributed by atoms with Crippen molar-refractivity contribution in [2.24, 2.45) is 5.73 Å². The zero-order chi connectivity index (χ0) is 14.7. The summed E-state index contributed by atoms with van der Waals surface area (Å²) in [6.45, 7) is 4.08. The van der Waals surface area contributed by atoms with Gasteiger partial charge >= 0.3 is 13.1 Å². The van der Waals surface area contributed by atoms with Crippen molar-refractivity contribution in [2.45, 2.75) is 44.6 Å². The van der Waals surface area contributed by atoms with Gasteiger partial charge in [0.25, 0.3) is 0 Å². The molecule has 1 aliphatic heterocycles. The summed E-state index contributed by atoms with van der Waals surface area (Å²) in [5, 5.41) is 31.2. The van der Waals surface area contributed by atoms with Crippen LogP contribution in [-0.2, 0) is 4.79 Å². The Labute approximate surface area is 114 Å². The smallest absolute Gasteiger partial charge is 0.451 e. The minimum Gasteiger partial charge on any atom is -0.480 e. The van der Waals surface area contributed by atoms with Crippen molar-refractivity contribution in [2.75, 3.05) is 19.6 Å². The SMILES string of the molecule is CCCCB(O)O.NCCNC1CNC(C(=O)O)C1. The topological polar surface area (TPSA) is 128 Å². The Morgan fingerprint density at radius 2 is 2.21 bits per heavy atom. The molecule has 0 amide bonds. The van der Waals surface area contributed by atoms with Crippen LogP contribution in [0, 0.1) is 0 Å². The lowest BCUT2D eigenvalue weighted by Crippen LogP contribution is -2.34. The second kappa shape index (κ2) is 11.2. The molecule has 8 heteroatoms. The van der Waals surface area contributed by atoms with Gasteiger partial charge in [0.15, 0.2) is 0 Å². The molecule has 7 nitrogen and oxygen atoms in total. The molecule has 0 radical (unpaired) electrons. The van der Waals surface area contributed by atoms with Crippen LogP contribution in [0.25, 0.3) is 0 Å². The third-order valence-corrected chi connectivity index (χ3v) is 2.82. The second-order valence-electron chi connectivity index (χ2n) is 4.60. The Balaban J connectivity index is 0.000000399. The van der Waals surface area contributed by atoms with Crippen LogP contribution in [0.1, 0.15) is 26.2 Å². The summed E-state index contributed by atoms with van der Waals surface area (Å²) in [4.78, 5) is 10.5. The van der Waals surface area contributed by atoms with Crippen LogP contribution in [0.4, 0.5) is 0 Å². The van der Waals surface area contributed by atoms with E-state index in [-0.39, 0.29) is 12.1 Å². The molecule has 0 aromatic heterocycles. The van der Waals surface area contributed by atoms with E-state index in [4.69, 9.17) is 20.9 Å². The number of hydrogen-bond donors (Lipinski definition) is 6. The van der Waals surface area contributed by atoms with Gasteiger partial charge in [0.05, 0.1) is 0 Å². The minimum absolute atomic E-state index is 0.259. The Hall–Kier alpha value is -0.665. The van der Waals surface area contributed by atoms with Crippen molar-refractivity contribution in [3.8, 4) is 0 Å². The molecule has 0 bridgehead atoms. The Kier molecular flexibility index (Phi) is 10.8. The number of unbranched alkanes of at least 4 members (excludes halogenated alkanes) is 1. The van der Waals surface area contributed by atoms with Crippen LogP contribution in [0.2, 0.25) is 6.32 Å². The molecule has 0 spiro atoms. The van der Waals surface area contributed by atoms with Crippen LogP contribution >= 0.6 is 0 Å². The van der Waals surface area contributed by atoms with Gasteiger partial charge in [-0.3, -0.25) is 4.79 Å². The maximum absolute atomic E-state index is 10.5. The Morgan fingerprint density at radius 1 is 1.53 bits per heavy atom. The van der Waals surface area contributed by atoms with Gasteiger partial charge in [-0.2, -0.15) is 0 Å². The molecule has 1 rings (SSSR count). The molecule has 0 aliphatic carbocycles. The average Bonchev–Trinajstić information content (AvgIpc) is 2.83. The summed E-state index contributed by atoms with van der Waals surface area (Å²) < 4.78 is 0. The standard InChI is InChI=1S/C7H15N3O2.C4H11BO2/c8-1-2-9-5-3-6(7(11)12)10-4-5;1-2-3-4-5(6)7/h5-6,9-10H,1-4,8H2,(H,11,12);6-7H,2-4H2,1H3. The monoisotopic (exact) mass is 275 g/mol. The number of carbonyl (C=O) groups is 1. The number of hydrogen-bond acceptors (Lipinski definition) is 6. The number of rotatable bonds is 7. The molecule has 19 heavy (non-hydrogen) atoms. The fourth-order valence-electron chi connectivity index (χ4n) is 1.75. The summed E-state index contributed by atoms with van der Waals surface area (Å²) in [5.41, 5.74) is 5.30. The summed E-state index contributed by atoms with van der Waals surface area (Å²) in [5.74, 6) is -0.771. The maximum atomic E-state index is 10.5. The minimum atomic E-state index is -1.10. The van der Waals surface area contributed by atoms with E-state index < -0.39 is 13.1 Å². The molecule has 0 saturated carbocycles. The van der Waals surface area contributed by atoms with E-state index in [9.17, 15) is 4.79 Å². The van der Waals surface area contributed by atoms with E-state index in [0.29, 0.717) is 19.3 Å². The fraction of sp³-hybridized carbons (Fsp3) is 0.909. The van der Waals surface area contributed by atoms with Crippen LogP contribution in [0.15, 0.2) is 0 Å². The van der Waals surface area contributed by atoms with Crippen LogP contribution < -0.4 is 16.4 Å². The third-order valence-electron chi connectivity index (χ3n) is 2.82. The molecular formula is C11H26BN3O4. The second-order valence-corrected chi connectivity index (χ2v) is 4.60. The number of carboxylic acids is 1. The van der Waals surface area contributed by atoms with Gasteiger partial charge in [0.1, 0.15) is 6.04 Å². The molecule has 0 aromatic carbocycles. The lowest BCUT2D eigenvalue weighted by molar-refractivity contribution is -0.139. The van der Waals surface area contributed by atoms with Gasteiger partial charge in [-0.25, -0.2) is 0 Å². The highest BCUT2D eigenvalue weighted by Crippen LogP contribution is 2.05. The highest BCUT2D eigenvalue weighted by atomic mass is 16.4. The van der Waals surface area contributed by atoms with Gasteiger partial charge in [-0.1, -0.05) is 19.8 Å². The molecular weight excluding hydrogens is 249 g/mol. The van der Waals surface area contributed by atoms with Crippen LogP contribution in [0.5, 0.6) is 0 Å². The van der Waals surface area contributed by atoms with E-state index in [1.54, 1.807) is 0 Å². The zero-order valence-corrected chi connectivity index (χ0v) is 11.5. The maximum Gasteiger partial charge on any atom is 0.451 e. The predicted molar refractivity (Wildman–Crippen MR) is 74.8 cm³/mol. The molecule has 112 valence electrons. The molecule has 2 atom stereocenters. The molecule has 2 unspecified atom stereocenters. The van der Waals surface area contributed by atoms with Gasteiger partial charge in [-0.15, -0.1) is 0 Å². The molecule has 0 aromatic rings. The summed E-state index contributed by atoms with van der Waals surface area (Å²) in [7, 11) is -1.10. The van der Waals surface area contributed by atoms with E-state index >= 15 is 0 Å². The van der Waals surface area contributed by atoms with E-state index in [0.717, 1.165) is 25.9 Å². The highest BCUT2D eigenvalue weighted by molar-refractivity contribution is 6.40. The lowest BCUT2D eigenvalue weighted by Gasteiger charge is -2.09. The van der Waals surface area contributed by atoms with Gasteiger partial charge in [0, 0.05) is 25.7 Å². The number of aliphatic carboxylic acids is 1. The molecule has 1 aliphatic rings. The first-order valence-electron chi connectivity index (χ1n) is 6.77. The summed E-state index contributed by atoms with van der Waals surface area (Å²) in [6.07, 6.45) is 3.08. The zero-order valence-electron chi connectivity index (χ0n) is 11.5. The molecule has 7 N–H and O–H groups in total. The van der Waals surface area contributed by atoms with Gasteiger partial charge < -0.3 is 31.5 Å². The average molecular weight is 275 g/mol. The summed E-state index contributed by atoms with van der Waals surface area (Å²) >= 11 is 0. The predicted octanol–water partition coefficient (Wildman–Crippen LogP) is -1.39. The van der Waals surface area contributed by atoms with Gasteiger partial charge in [0.2, 0.25) is 0 Å². The van der Waals surface area contributed by atoms with E-state index in [1.165, 1.54) is 0 Å². The van der Waals surface area contributed by atoms with Crippen molar-refractivity contribution in [3.05, 3.63) is 0 Å². The Bertz CT molecular complexity index is 244. The number of nitrogens with two attached hydrogens (primary N) is 1. The Morgan fingerprint density at radius 3 is 2.58 bits per heavy atom. The van der Waals surface area contributed by atoms with Crippen LogP contribution in [-0.4, -0.2) is 60.0 Å². The largest absolute Gasteiger partial charge is 0.480 e. The fourth-order valence-corrected chi connectivity index (χ4v) is 1.75. The normalized spacial score (nSPS) is 21.7. The number of carboxylic acid groups (broad SMARTS) is 1. The highest BCUT2D eigenvalue weighted by Gasteiger charge is 2.28. The quantitative estimate of drug-likeness (QED) is 0.316. The molecule has 1 heterocycles. The molecule has 1 saturated heterocycles. The lowest BCUT2D eigenvalue weighted by atomic mass is 9.84. The first kappa shape index (κ1) is 18.3. The van der Waals surface area contributed by atoms with Crippen molar-refractivity contribution in [3.63, 3.8) is 0 Å². The number of nitrogens with one attached hydrogen (secondary N) is 2. The van der Waals surface area contributed by atoms with E-state index in [1.807, 2.05) is 6.92 Å². The van der Waals surface area contributed by atoms with E-state index in [2.05, 4.69) is 10.6 Å².